The Morgan fingerprint density at radius 3 is 2.32 bits per heavy atom. The number of carbonyl (C=O) groups excluding carboxylic acids is 1. The minimum atomic E-state index is -0.602. The Hall–Kier alpha value is -3.80. The molecular formula is C22H15NO5. The Balaban J connectivity index is 1.40. The van der Waals surface area contributed by atoms with E-state index in [2.05, 4.69) is 5.16 Å². The van der Waals surface area contributed by atoms with Gasteiger partial charge in [-0.05, 0) is 30.3 Å². The number of hydrogen-bond acceptors (Lipinski definition) is 6. The third-order valence-corrected chi connectivity index (χ3v) is 4.66. The standard InChI is InChI=1S/C22H15NO5/c24-22(28-23-12-14-9-10-19-20(11-14)26-13-25-19)21-15-5-1-3-7-17(15)27-18-8-4-2-6-16(18)21/h1-12,21H,13H2. The molecule has 0 aliphatic carbocycles. The Morgan fingerprint density at radius 1 is 0.893 bits per heavy atom. The van der Waals surface area contributed by atoms with Crippen molar-refractivity contribution in [2.24, 2.45) is 5.16 Å². The molecule has 2 heterocycles. The van der Waals surface area contributed by atoms with Crippen LogP contribution in [0.2, 0.25) is 0 Å². The van der Waals surface area contributed by atoms with E-state index in [4.69, 9.17) is 19.0 Å². The summed E-state index contributed by atoms with van der Waals surface area (Å²) in [4.78, 5) is 18.1. The van der Waals surface area contributed by atoms with Crippen molar-refractivity contribution in [1.29, 1.82) is 0 Å². The lowest BCUT2D eigenvalue weighted by atomic mass is 9.88. The summed E-state index contributed by atoms with van der Waals surface area (Å²) in [6.45, 7) is 0.202. The van der Waals surface area contributed by atoms with Crippen LogP contribution >= 0.6 is 0 Å². The molecule has 0 amide bonds. The molecule has 0 saturated heterocycles. The van der Waals surface area contributed by atoms with Gasteiger partial charge in [0.15, 0.2) is 11.5 Å². The Labute approximate surface area is 160 Å². The number of benzene rings is 3. The van der Waals surface area contributed by atoms with Crippen LogP contribution in [0.5, 0.6) is 23.0 Å². The third-order valence-electron chi connectivity index (χ3n) is 4.66. The number of nitrogens with zero attached hydrogens (tertiary/aromatic N) is 1. The van der Waals surface area contributed by atoms with Crippen molar-refractivity contribution in [2.45, 2.75) is 5.92 Å². The van der Waals surface area contributed by atoms with E-state index in [9.17, 15) is 4.79 Å². The predicted octanol–water partition coefficient (Wildman–Crippen LogP) is 4.23. The van der Waals surface area contributed by atoms with Gasteiger partial charge in [0.1, 0.15) is 17.4 Å². The number of rotatable bonds is 3. The molecule has 0 fully saturated rings. The summed E-state index contributed by atoms with van der Waals surface area (Å²) in [6.07, 6.45) is 1.47. The van der Waals surface area contributed by atoms with Crippen LogP contribution in [0.3, 0.4) is 0 Å². The van der Waals surface area contributed by atoms with E-state index in [1.807, 2.05) is 54.6 Å². The minimum absolute atomic E-state index is 0.202. The highest BCUT2D eigenvalue weighted by Gasteiger charge is 2.33. The molecule has 2 aliphatic rings. The normalized spacial score (nSPS) is 14.3. The van der Waals surface area contributed by atoms with Gasteiger partial charge in [-0.2, -0.15) is 0 Å². The van der Waals surface area contributed by atoms with E-state index in [1.165, 1.54) is 6.21 Å². The van der Waals surface area contributed by atoms with E-state index in [0.717, 1.165) is 16.7 Å². The number of para-hydroxylation sites is 2. The molecule has 0 unspecified atom stereocenters. The Morgan fingerprint density at radius 2 is 1.57 bits per heavy atom. The average Bonchev–Trinajstić information content (AvgIpc) is 3.19. The fraction of sp³-hybridized carbons (Fsp3) is 0.0909. The molecular weight excluding hydrogens is 358 g/mol. The van der Waals surface area contributed by atoms with Crippen molar-refractivity contribution in [2.75, 3.05) is 6.79 Å². The quantitative estimate of drug-likeness (QED) is 0.390. The minimum Gasteiger partial charge on any atom is -0.457 e. The first kappa shape index (κ1) is 16.4. The fourth-order valence-corrected chi connectivity index (χ4v) is 3.35. The maximum absolute atomic E-state index is 12.9. The second-order valence-corrected chi connectivity index (χ2v) is 6.37. The zero-order valence-corrected chi connectivity index (χ0v) is 14.7. The van der Waals surface area contributed by atoms with Crippen molar-refractivity contribution in [3.63, 3.8) is 0 Å². The lowest BCUT2D eigenvalue weighted by molar-refractivity contribution is -0.144. The van der Waals surface area contributed by atoms with Gasteiger partial charge in [0, 0.05) is 16.7 Å². The van der Waals surface area contributed by atoms with E-state index in [-0.39, 0.29) is 6.79 Å². The number of carbonyl (C=O) groups is 1. The monoisotopic (exact) mass is 373 g/mol. The second-order valence-electron chi connectivity index (χ2n) is 6.37. The van der Waals surface area contributed by atoms with Gasteiger partial charge >= 0.3 is 5.97 Å². The zero-order valence-electron chi connectivity index (χ0n) is 14.7. The maximum Gasteiger partial charge on any atom is 0.347 e. The van der Waals surface area contributed by atoms with Crippen LogP contribution in [0.15, 0.2) is 71.9 Å². The molecule has 28 heavy (non-hydrogen) atoms. The number of fused-ring (bicyclic) bond motifs is 3. The smallest absolute Gasteiger partial charge is 0.347 e. The number of hydrogen-bond donors (Lipinski definition) is 0. The van der Waals surface area contributed by atoms with Crippen LogP contribution in [0.25, 0.3) is 0 Å². The molecule has 0 aromatic heterocycles. The maximum atomic E-state index is 12.9. The first-order valence-corrected chi connectivity index (χ1v) is 8.79. The van der Waals surface area contributed by atoms with E-state index in [1.54, 1.807) is 12.1 Å². The summed E-state index contributed by atoms with van der Waals surface area (Å²) >= 11 is 0. The van der Waals surface area contributed by atoms with Gasteiger partial charge in [-0.15, -0.1) is 0 Å². The van der Waals surface area contributed by atoms with Crippen LogP contribution < -0.4 is 14.2 Å². The van der Waals surface area contributed by atoms with Crippen molar-refractivity contribution in [3.05, 3.63) is 83.4 Å². The second kappa shape index (κ2) is 6.74. The highest BCUT2D eigenvalue weighted by atomic mass is 16.7. The van der Waals surface area contributed by atoms with Gasteiger partial charge in [-0.25, -0.2) is 4.79 Å². The SMILES string of the molecule is O=C(ON=Cc1ccc2c(c1)OCO2)C1c2ccccc2Oc2ccccc21. The first-order valence-electron chi connectivity index (χ1n) is 8.79. The van der Waals surface area contributed by atoms with Gasteiger partial charge in [-0.3, -0.25) is 0 Å². The topological polar surface area (TPSA) is 66.4 Å². The summed E-state index contributed by atoms with van der Waals surface area (Å²) < 4.78 is 16.5. The molecule has 5 rings (SSSR count). The number of ether oxygens (including phenoxy) is 3. The molecule has 0 spiro atoms. The van der Waals surface area contributed by atoms with Crippen molar-refractivity contribution < 1.29 is 23.8 Å². The molecule has 0 bridgehead atoms. The molecule has 0 saturated carbocycles. The average molecular weight is 373 g/mol. The van der Waals surface area contributed by atoms with Gasteiger partial charge in [0.25, 0.3) is 0 Å². The lowest BCUT2D eigenvalue weighted by Crippen LogP contribution is -2.19. The van der Waals surface area contributed by atoms with E-state index < -0.39 is 11.9 Å². The molecule has 0 atom stereocenters. The highest BCUT2D eigenvalue weighted by molar-refractivity contribution is 5.86. The molecule has 3 aromatic carbocycles. The fourth-order valence-electron chi connectivity index (χ4n) is 3.35. The summed E-state index contributed by atoms with van der Waals surface area (Å²) in [5.74, 6) is 1.54. The van der Waals surface area contributed by atoms with Crippen molar-refractivity contribution >= 4 is 12.2 Å². The van der Waals surface area contributed by atoms with E-state index in [0.29, 0.717) is 23.0 Å². The highest BCUT2D eigenvalue weighted by Crippen LogP contribution is 2.44. The molecule has 6 nitrogen and oxygen atoms in total. The molecule has 3 aromatic rings. The van der Waals surface area contributed by atoms with Gasteiger partial charge in [0.05, 0.1) is 6.21 Å². The zero-order chi connectivity index (χ0) is 18.9. The largest absolute Gasteiger partial charge is 0.457 e. The Kier molecular flexibility index (Phi) is 3.94. The van der Waals surface area contributed by atoms with Crippen LogP contribution in [-0.4, -0.2) is 19.0 Å². The van der Waals surface area contributed by atoms with Crippen LogP contribution in [-0.2, 0) is 9.63 Å². The third kappa shape index (κ3) is 2.85. The van der Waals surface area contributed by atoms with Gasteiger partial charge < -0.3 is 19.0 Å². The van der Waals surface area contributed by atoms with Gasteiger partial charge in [0.2, 0.25) is 6.79 Å². The van der Waals surface area contributed by atoms with Crippen LogP contribution in [0.4, 0.5) is 0 Å². The molecule has 2 aliphatic heterocycles. The van der Waals surface area contributed by atoms with Crippen molar-refractivity contribution in [3.8, 4) is 23.0 Å². The predicted molar refractivity (Wildman–Crippen MR) is 101 cm³/mol. The van der Waals surface area contributed by atoms with Crippen molar-refractivity contribution in [1.82, 2.24) is 0 Å². The molecule has 0 radical (unpaired) electrons. The van der Waals surface area contributed by atoms with Crippen LogP contribution in [0.1, 0.15) is 22.6 Å². The summed E-state index contributed by atoms with van der Waals surface area (Å²) in [5, 5.41) is 3.88. The molecule has 138 valence electrons. The lowest BCUT2D eigenvalue weighted by Gasteiger charge is -2.25. The molecule has 0 N–H and O–H groups in total. The summed E-state index contributed by atoms with van der Waals surface area (Å²) in [7, 11) is 0. The summed E-state index contributed by atoms with van der Waals surface area (Å²) in [5.41, 5.74) is 2.25. The number of oxime groups is 1. The van der Waals surface area contributed by atoms with E-state index >= 15 is 0 Å². The summed E-state index contributed by atoms with van der Waals surface area (Å²) in [6, 6.07) is 20.2. The Bertz CT molecular complexity index is 1050. The first-order chi connectivity index (χ1) is 13.8. The molecule has 6 heteroatoms. The van der Waals surface area contributed by atoms with Gasteiger partial charge in [-0.1, -0.05) is 41.6 Å². The van der Waals surface area contributed by atoms with Crippen LogP contribution in [0, 0.1) is 0 Å².